The highest BCUT2D eigenvalue weighted by Crippen LogP contribution is 2.37. The quantitative estimate of drug-likeness (QED) is 0.147. The number of fused-ring (bicyclic) bond motifs is 2. The summed E-state index contributed by atoms with van der Waals surface area (Å²) in [7, 11) is 0. The van der Waals surface area contributed by atoms with Crippen LogP contribution in [0.25, 0.3) is 0 Å². The Kier molecular flexibility index (Phi) is 11.0. The Morgan fingerprint density at radius 1 is 0.767 bits per heavy atom. The summed E-state index contributed by atoms with van der Waals surface area (Å²) in [5, 5.41) is 34.9. The fourth-order valence-electron chi connectivity index (χ4n) is 5.24. The number of thiocarbonyl (C=S) groups is 2. The maximum absolute atomic E-state index is 12.6. The highest BCUT2D eigenvalue weighted by Gasteiger charge is 2.26. The highest BCUT2D eigenvalue weighted by atomic mass is 32.2. The summed E-state index contributed by atoms with van der Waals surface area (Å²) in [6.45, 7) is 10.7. The van der Waals surface area contributed by atoms with Crippen molar-refractivity contribution in [3.8, 4) is 11.8 Å². The molecule has 0 saturated heterocycles. The molecule has 10 nitrogen and oxygen atoms in total. The van der Waals surface area contributed by atoms with E-state index in [1.807, 2.05) is 0 Å². The van der Waals surface area contributed by atoms with E-state index >= 15 is 0 Å². The second kappa shape index (κ2) is 14.1. The molecule has 4 heterocycles. The van der Waals surface area contributed by atoms with Gasteiger partial charge in [0.2, 0.25) is 0 Å². The molecule has 0 bridgehead atoms. The largest absolute Gasteiger partial charge is 0.494 e. The van der Waals surface area contributed by atoms with E-state index in [-0.39, 0.29) is 33.7 Å². The monoisotopic (exact) mass is 666 g/mol. The van der Waals surface area contributed by atoms with Crippen LogP contribution in [0.15, 0.2) is 31.5 Å². The van der Waals surface area contributed by atoms with Gasteiger partial charge in [-0.2, -0.15) is 0 Å². The molecular weight excluding hydrogens is 625 g/mol. The first kappa shape index (κ1) is 33.5. The van der Waals surface area contributed by atoms with Crippen LogP contribution in [-0.4, -0.2) is 60.8 Å². The molecule has 0 fully saturated rings. The van der Waals surface area contributed by atoms with Crippen molar-refractivity contribution in [3.63, 3.8) is 0 Å². The SMILES string of the molecule is CC(C)(CCNC(=S)NCNC(=S)NCCC(C)(C)Cn1c(O)c2c(cc1=O)SCC2)Cn1c(O)c2c(cc1=O)SCC2. The second-order valence-electron chi connectivity index (χ2n) is 12.5. The number of thioether (sulfide) groups is 2. The Hall–Kier alpha value is -2.42. The topological polar surface area (TPSA) is 133 Å². The van der Waals surface area contributed by atoms with Crippen molar-refractivity contribution in [1.82, 2.24) is 30.4 Å². The zero-order chi connectivity index (χ0) is 31.4. The van der Waals surface area contributed by atoms with E-state index < -0.39 is 0 Å². The molecule has 236 valence electrons. The predicted molar refractivity (Wildman–Crippen MR) is 183 cm³/mol. The molecule has 2 aromatic rings. The van der Waals surface area contributed by atoms with Crippen molar-refractivity contribution < 1.29 is 10.2 Å². The summed E-state index contributed by atoms with van der Waals surface area (Å²) in [6.07, 6.45) is 3.04. The average molecular weight is 667 g/mol. The standard InChI is InChI=1S/C29H42N6O4S4/c1-28(2,15-34-22(36)13-20-18(24(34)38)5-11-42-20)7-9-30-26(40)32-17-33-27(41)31-10-8-29(3,4)16-35-23(37)14-21-19(25(35)39)6-12-43-21/h13-14,38-39H,5-12,15-17H2,1-4H3,(H2,30,32,40)(H2,31,33,41). The minimum atomic E-state index is -0.243. The number of pyridine rings is 2. The predicted octanol–water partition coefficient (Wildman–Crippen LogP) is 3.14. The Bertz CT molecular complexity index is 1380. The van der Waals surface area contributed by atoms with Gasteiger partial charge in [-0.1, -0.05) is 27.7 Å². The maximum Gasteiger partial charge on any atom is 0.254 e. The van der Waals surface area contributed by atoms with Gasteiger partial charge in [0.25, 0.3) is 11.1 Å². The number of hydrogen-bond donors (Lipinski definition) is 6. The number of aromatic hydroxyl groups is 2. The van der Waals surface area contributed by atoms with E-state index in [2.05, 4.69) is 49.0 Å². The van der Waals surface area contributed by atoms with E-state index in [4.69, 9.17) is 24.4 Å². The lowest BCUT2D eigenvalue weighted by atomic mass is 9.89. The third-order valence-electron chi connectivity index (χ3n) is 7.75. The van der Waals surface area contributed by atoms with Crippen LogP contribution in [0.1, 0.15) is 51.7 Å². The van der Waals surface area contributed by atoms with Crippen LogP contribution >= 0.6 is 48.0 Å². The third kappa shape index (κ3) is 8.83. The number of rotatable bonds is 12. The molecular formula is C29H42N6O4S4. The van der Waals surface area contributed by atoms with Crippen molar-refractivity contribution >= 4 is 58.2 Å². The molecule has 4 rings (SSSR count). The molecule has 0 spiro atoms. The first-order valence-electron chi connectivity index (χ1n) is 14.5. The number of nitrogens with one attached hydrogen (secondary N) is 4. The van der Waals surface area contributed by atoms with E-state index in [0.717, 1.165) is 58.1 Å². The van der Waals surface area contributed by atoms with Crippen molar-refractivity contribution in [3.05, 3.63) is 44.0 Å². The van der Waals surface area contributed by atoms with Gasteiger partial charge in [0, 0.05) is 70.7 Å². The summed E-state index contributed by atoms with van der Waals surface area (Å²) in [5.74, 6) is 1.97. The number of nitrogens with zero attached hydrogens (tertiary/aromatic N) is 2. The Balaban J connectivity index is 1.12. The molecule has 0 aliphatic carbocycles. The van der Waals surface area contributed by atoms with Crippen LogP contribution in [0.4, 0.5) is 0 Å². The summed E-state index contributed by atoms with van der Waals surface area (Å²) >= 11 is 14.0. The van der Waals surface area contributed by atoms with Gasteiger partial charge >= 0.3 is 0 Å². The molecule has 0 aromatic carbocycles. The number of hydrogen-bond acceptors (Lipinski definition) is 8. The third-order valence-corrected chi connectivity index (χ3v) is 10.5. The molecule has 43 heavy (non-hydrogen) atoms. The summed E-state index contributed by atoms with van der Waals surface area (Å²) in [5.41, 5.74) is 0.922. The van der Waals surface area contributed by atoms with Crippen LogP contribution < -0.4 is 32.4 Å². The molecule has 0 unspecified atom stereocenters. The molecule has 0 amide bonds. The lowest BCUT2D eigenvalue weighted by Crippen LogP contribution is -2.46. The molecule has 2 aliphatic rings. The molecule has 0 radical (unpaired) electrons. The molecule has 2 aliphatic heterocycles. The van der Waals surface area contributed by atoms with E-state index in [0.29, 0.717) is 43.1 Å². The maximum atomic E-state index is 12.6. The zero-order valence-corrected chi connectivity index (χ0v) is 28.4. The molecule has 0 atom stereocenters. The van der Waals surface area contributed by atoms with Gasteiger partial charge in [-0.05, 0) is 60.9 Å². The molecule has 2 aromatic heterocycles. The van der Waals surface area contributed by atoms with E-state index in [1.54, 1.807) is 35.7 Å². The van der Waals surface area contributed by atoms with Crippen molar-refractivity contribution in [2.75, 3.05) is 31.3 Å². The van der Waals surface area contributed by atoms with E-state index in [9.17, 15) is 19.8 Å². The average Bonchev–Trinajstić information content (AvgIpc) is 3.58. The van der Waals surface area contributed by atoms with Gasteiger partial charge in [-0.15, -0.1) is 23.5 Å². The fourth-order valence-corrected chi connectivity index (χ4v) is 7.75. The van der Waals surface area contributed by atoms with Gasteiger partial charge < -0.3 is 31.5 Å². The highest BCUT2D eigenvalue weighted by molar-refractivity contribution is 7.99. The van der Waals surface area contributed by atoms with Crippen LogP contribution in [0.5, 0.6) is 11.8 Å². The lowest BCUT2D eigenvalue weighted by Gasteiger charge is -2.27. The molecule has 14 heteroatoms. The summed E-state index contributed by atoms with van der Waals surface area (Å²) in [6, 6.07) is 3.27. The Labute approximate surface area is 271 Å². The van der Waals surface area contributed by atoms with Crippen LogP contribution in [0.3, 0.4) is 0 Å². The van der Waals surface area contributed by atoms with Gasteiger partial charge in [0.1, 0.15) is 0 Å². The summed E-state index contributed by atoms with van der Waals surface area (Å²) in [4.78, 5) is 26.9. The van der Waals surface area contributed by atoms with Crippen LogP contribution in [0, 0.1) is 10.8 Å². The van der Waals surface area contributed by atoms with Crippen LogP contribution in [0.2, 0.25) is 0 Å². The first-order chi connectivity index (χ1) is 20.3. The normalized spacial score (nSPS) is 14.2. The van der Waals surface area contributed by atoms with Gasteiger partial charge in [-0.3, -0.25) is 18.7 Å². The Morgan fingerprint density at radius 2 is 1.16 bits per heavy atom. The first-order valence-corrected chi connectivity index (χ1v) is 17.3. The minimum Gasteiger partial charge on any atom is -0.494 e. The van der Waals surface area contributed by atoms with E-state index in [1.165, 1.54) is 9.13 Å². The molecule has 6 N–H and O–H groups in total. The molecule has 0 saturated carbocycles. The van der Waals surface area contributed by atoms with Gasteiger partial charge in [-0.25, -0.2) is 0 Å². The number of aromatic nitrogens is 2. The van der Waals surface area contributed by atoms with Crippen LogP contribution in [-0.2, 0) is 25.9 Å². The zero-order valence-electron chi connectivity index (χ0n) is 25.2. The van der Waals surface area contributed by atoms with Crippen molar-refractivity contribution in [2.45, 2.75) is 76.3 Å². The van der Waals surface area contributed by atoms with Gasteiger partial charge in [0.15, 0.2) is 22.0 Å². The van der Waals surface area contributed by atoms with Crippen molar-refractivity contribution in [2.24, 2.45) is 10.8 Å². The summed E-state index contributed by atoms with van der Waals surface area (Å²) < 4.78 is 2.96. The smallest absolute Gasteiger partial charge is 0.254 e. The lowest BCUT2D eigenvalue weighted by molar-refractivity contribution is 0.258. The van der Waals surface area contributed by atoms with Gasteiger partial charge in [0.05, 0.1) is 6.67 Å². The minimum absolute atomic E-state index is 0.0954. The fraction of sp³-hybridized carbons (Fsp3) is 0.586. The second-order valence-corrected chi connectivity index (χ2v) is 15.6. The van der Waals surface area contributed by atoms with Crippen molar-refractivity contribution in [1.29, 1.82) is 0 Å². The Morgan fingerprint density at radius 3 is 1.56 bits per heavy atom.